The fraction of sp³-hybridized carbons (Fsp3) is 0.333. The quantitative estimate of drug-likeness (QED) is 0.714. The van der Waals surface area contributed by atoms with Gasteiger partial charge in [-0.05, 0) is 13.3 Å². The van der Waals surface area contributed by atoms with Crippen molar-refractivity contribution in [2.75, 3.05) is 31.1 Å². The van der Waals surface area contributed by atoms with Crippen molar-refractivity contribution in [1.82, 2.24) is 20.2 Å². The second-order valence-corrected chi connectivity index (χ2v) is 6.22. The molecule has 0 saturated carbocycles. The van der Waals surface area contributed by atoms with E-state index in [0.29, 0.717) is 42.9 Å². The number of nitrogens with zero attached hydrogens (tertiary/aromatic N) is 5. The maximum atomic E-state index is 12.5. The lowest BCUT2D eigenvalue weighted by atomic mass is 10.2. The summed E-state index contributed by atoms with van der Waals surface area (Å²) >= 11 is 0. The van der Waals surface area contributed by atoms with Crippen LogP contribution in [0.15, 0.2) is 45.4 Å². The Labute approximate surface area is 150 Å². The topological polar surface area (TPSA) is 88.5 Å². The van der Waals surface area contributed by atoms with E-state index in [-0.39, 0.29) is 5.91 Å². The van der Waals surface area contributed by atoms with Crippen LogP contribution in [0.4, 0.5) is 6.01 Å². The van der Waals surface area contributed by atoms with Crippen LogP contribution in [0.3, 0.4) is 0 Å². The van der Waals surface area contributed by atoms with E-state index in [0.717, 1.165) is 18.5 Å². The van der Waals surface area contributed by atoms with Crippen LogP contribution >= 0.6 is 0 Å². The van der Waals surface area contributed by atoms with Gasteiger partial charge < -0.3 is 18.8 Å². The normalized spacial score (nSPS) is 15.1. The van der Waals surface area contributed by atoms with Crippen molar-refractivity contribution in [3.8, 4) is 11.4 Å². The Bertz CT molecular complexity index is 889. The van der Waals surface area contributed by atoms with Crippen molar-refractivity contribution in [1.29, 1.82) is 0 Å². The number of rotatable bonds is 3. The fourth-order valence-corrected chi connectivity index (χ4v) is 2.99. The molecular weight excluding hydrogens is 334 g/mol. The Balaban J connectivity index is 1.44. The molecule has 2 aromatic heterocycles. The summed E-state index contributed by atoms with van der Waals surface area (Å²) in [6, 6.07) is 11.8. The Hall–Kier alpha value is -3.16. The van der Waals surface area contributed by atoms with Crippen LogP contribution in [-0.2, 0) is 0 Å². The highest BCUT2D eigenvalue weighted by atomic mass is 16.5. The van der Waals surface area contributed by atoms with Crippen molar-refractivity contribution in [2.24, 2.45) is 0 Å². The molecule has 1 fully saturated rings. The van der Waals surface area contributed by atoms with E-state index in [1.54, 1.807) is 17.9 Å². The molecule has 1 aliphatic rings. The summed E-state index contributed by atoms with van der Waals surface area (Å²) in [5, 5.41) is 7.88. The van der Waals surface area contributed by atoms with Crippen molar-refractivity contribution in [3.05, 3.63) is 47.9 Å². The van der Waals surface area contributed by atoms with E-state index in [2.05, 4.69) is 15.3 Å². The molecule has 1 aromatic carbocycles. The summed E-state index contributed by atoms with van der Waals surface area (Å²) in [5.74, 6) is 1.08. The van der Waals surface area contributed by atoms with Crippen LogP contribution in [0, 0.1) is 6.92 Å². The van der Waals surface area contributed by atoms with Gasteiger partial charge in [-0.1, -0.05) is 40.6 Å². The molecule has 0 radical (unpaired) electrons. The van der Waals surface area contributed by atoms with Crippen LogP contribution in [0.1, 0.15) is 22.7 Å². The first-order valence-electron chi connectivity index (χ1n) is 8.57. The molecule has 0 atom stereocenters. The first-order valence-corrected chi connectivity index (χ1v) is 8.57. The van der Waals surface area contributed by atoms with Gasteiger partial charge in [-0.3, -0.25) is 4.79 Å². The van der Waals surface area contributed by atoms with Gasteiger partial charge in [-0.25, -0.2) is 0 Å². The van der Waals surface area contributed by atoms with Gasteiger partial charge in [0.05, 0.1) is 0 Å². The molecule has 0 unspecified atom stereocenters. The number of carbonyl (C=O) groups is 1. The SMILES string of the molecule is Cc1cc(C(=O)N2CCCN(c3nc(-c4ccccc4)no3)CC2)no1. The number of carbonyl (C=O) groups excluding carboxylic acids is 1. The first-order chi connectivity index (χ1) is 12.7. The van der Waals surface area contributed by atoms with E-state index < -0.39 is 0 Å². The van der Waals surface area contributed by atoms with Crippen LogP contribution in [0.5, 0.6) is 0 Å². The summed E-state index contributed by atoms with van der Waals surface area (Å²) in [6.45, 7) is 4.36. The monoisotopic (exact) mass is 353 g/mol. The summed E-state index contributed by atoms with van der Waals surface area (Å²) in [7, 11) is 0. The van der Waals surface area contributed by atoms with E-state index in [1.807, 2.05) is 35.2 Å². The zero-order valence-electron chi connectivity index (χ0n) is 14.5. The molecule has 1 aliphatic heterocycles. The van der Waals surface area contributed by atoms with Gasteiger partial charge in [-0.15, -0.1) is 0 Å². The van der Waals surface area contributed by atoms with E-state index in [9.17, 15) is 4.79 Å². The number of anilines is 1. The Morgan fingerprint density at radius 1 is 1.04 bits per heavy atom. The molecule has 3 heterocycles. The van der Waals surface area contributed by atoms with Crippen molar-refractivity contribution in [2.45, 2.75) is 13.3 Å². The van der Waals surface area contributed by atoms with Gasteiger partial charge in [0.25, 0.3) is 5.91 Å². The Kier molecular flexibility index (Phi) is 4.39. The molecule has 3 aromatic rings. The standard InChI is InChI=1S/C18H19N5O3/c1-13-12-15(20-25-13)17(24)22-8-5-9-23(11-10-22)18-19-16(21-26-18)14-6-3-2-4-7-14/h2-4,6-7,12H,5,8-11H2,1H3. The smallest absolute Gasteiger partial charge is 0.324 e. The molecule has 26 heavy (non-hydrogen) atoms. The lowest BCUT2D eigenvalue weighted by Crippen LogP contribution is -2.35. The highest BCUT2D eigenvalue weighted by Crippen LogP contribution is 2.21. The molecule has 1 saturated heterocycles. The highest BCUT2D eigenvalue weighted by molar-refractivity contribution is 5.92. The third kappa shape index (κ3) is 3.30. The third-order valence-corrected chi connectivity index (χ3v) is 4.35. The minimum Gasteiger partial charge on any atom is -0.361 e. The first kappa shape index (κ1) is 16.3. The summed E-state index contributed by atoms with van der Waals surface area (Å²) in [4.78, 5) is 20.8. The van der Waals surface area contributed by atoms with Gasteiger partial charge in [0, 0.05) is 37.8 Å². The lowest BCUT2D eigenvalue weighted by molar-refractivity contribution is 0.0756. The van der Waals surface area contributed by atoms with Gasteiger partial charge in [-0.2, -0.15) is 4.98 Å². The number of aryl methyl sites for hydroxylation is 1. The molecule has 8 heteroatoms. The zero-order valence-corrected chi connectivity index (χ0v) is 14.5. The molecule has 0 spiro atoms. The Morgan fingerprint density at radius 2 is 1.88 bits per heavy atom. The average Bonchev–Trinajstić information content (AvgIpc) is 3.26. The molecule has 4 rings (SSSR count). The van der Waals surface area contributed by atoms with Crippen molar-refractivity contribution < 1.29 is 13.8 Å². The molecule has 1 amide bonds. The second-order valence-electron chi connectivity index (χ2n) is 6.22. The second kappa shape index (κ2) is 6.99. The molecule has 134 valence electrons. The van der Waals surface area contributed by atoms with Gasteiger partial charge in [0.1, 0.15) is 5.76 Å². The largest absolute Gasteiger partial charge is 0.361 e. The van der Waals surface area contributed by atoms with Gasteiger partial charge >= 0.3 is 6.01 Å². The van der Waals surface area contributed by atoms with E-state index >= 15 is 0 Å². The highest BCUT2D eigenvalue weighted by Gasteiger charge is 2.24. The zero-order chi connectivity index (χ0) is 17.9. The van der Waals surface area contributed by atoms with E-state index in [4.69, 9.17) is 9.05 Å². The summed E-state index contributed by atoms with van der Waals surface area (Å²) in [6.07, 6.45) is 0.811. The summed E-state index contributed by atoms with van der Waals surface area (Å²) in [5.41, 5.74) is 1.26. The third-order valence-electron chi connectivity index (χ3n) is 4.35. The minimum absolute atomic E-state index is 0.112. The number of hydrogen-bond acceptors (Lipinski definition) is 7. The molecule has 0 aliphatic carbocycles. The average molecular weight is 353 g/mol. The fourth-order valence-electron chi connectivity index (χ4n) is 2.99. The molecule has 0 bridgehead atoms. The van der Waals surface area contributed by atoms with Gasteiger partial charge in [0.2, 0.25) is 5.82 Å². The summed E-state index contributed by atoms with van der Waals surface area (Å²) < 4.78 is 10.4. The van der Waals surface area contributed by atoms with Crippen LogP contribution in [0.25, 0.3) is 11.4 Å². The number of hydrogen-bond donors (Lipinski definition) is 0. The maximum absolute atomic E-state index is 12.5. The predicted octanol–water partition coefficient (Wildman–Crippen LogP) is 2.39. The number of aromatic nitrogens is 3. The van der Waals surface area contributed by atoms with Crippen molar-refractivity contribution in [3.63, 3.8) is 0 Å². The molecule has 0 N–H and O–H groups in total. The number of amides is 1. The lowest BCUT2D eigenvalue weighted by Gasteiger charge is -2.19. The van der Waals surface area contributed by atoms with Crippen LogP contribution < -0.4 is 4.90 Å². The predicted molar refractivity (Wildman–Crippen MR) is 93.7 cm³/mol. The maximum Gasteiger partial charge on any atom is 0.324 e. The van der Waals surface area contributed by atoms with E-state index in [1.165, 1.54) is 0 Å². The van der Waals surface area contributed by atoms with Crippen LogP contribution in [0.2, 0.25) is 0 Å². The minimum atomic E-state index is -0.112. The van der Waals surface area contributed by atoms with Crippen LogP contribution in [-0.4, -0.2) is 52.3 Å². The van der Waals surface area contributed by atoms with Crippen molar-refractivity contribution >= 4 is 11.9 Å². The van der Waals surface area contributed by atoms with Gasteiger partial charge in [0.15, 0.2) is 5.69 Å². The Morgan fingerprint density at radius 3 is 2.65 bits per heavy atom. The molecular formula is C18H19N5O3. The number of benzene rings is 1. The molecule has 8 nitrogen and oxygen atoms in total.